The van der Waals surface area contributed by atoms with Gasteiger partial charge in [-0.15, -0.1) is 0 Å². The van der Waals surface area contributed by atoms with Gasteiger partial charge in [0.2, 0.25) is 0 Å². The number of rotatable bonds is 67. The summed E-state index contributed by atoms with van der Waals surface area (Å²) in [5.41, 5.74) is 0. The summed E-state index contributed by atoms with van der Waals surface area (Å²) < 4.78 is 68.2. The van der Waals surface area contributed by atoms with E-state index in [4.69, 9.17) is 37.0 Å². The second kappa shape index (κ2) is 59.8. The SMILES string of the molecule is CCC(C)CCCCCCCCCCCCCCCCC(=O)O[C@H](COC(=O)CCCCCCCCCC(C)C)COP(=O)(O)OCC(O)COP(=O)(O)OC[C@@H](COC(=O)CCCCCCCCCCC(C)C)OC(=O)CCCCCCCCC(C)CC. The third kappa shape index (κ3) is 62.0. The van der Waals surface area contributed by atoms with Gasteiger partial charge in [0.25, 0.3) is 0 Å². The molecular weight excluding hydrogens is 1170 g/mol. The lowest BCUT2D eigenvalue weighted by molar-refractivity contribution is -0.161. The van der Waals surface area contributed by atoms with Crippen molar-refractivity contribution in [3.63, 3.8) is 0 Å². The van der Waals surface area contributed by atoms with E-state index in [1.807, 2.05) is 0 Å². The number of aliphatic hydroxyl groups excluding tert-OH is 1. The second-order valence-electron chi connectivity index (χ2n) is 26.7. The molecule has 0 saturated heterocycles. The maximum absolute atomic E-state index is 13.0. The Morgan fingerprint density at radius 1 is 0.315 bits per heavy atom. The molecule has 0 saturated carbocycles. The quantitative estimate of drug-likeness (QED) is 0.0222. The molecule has 0 aliphatic heterocycles. The highest BCUT2D eigenvalue weighted by molar-refractivity contribution is 7.47. The van der Waals surface area contributed by atoms with Gasteiger partial charge in [-0.1, -0.05) is 293 Å². The lowest BCUT2D eigenvalue weighted by Gasteiger charge is -2.21. The number of phosphoric acid groups is 2. The normalized spacial score (nSPS) is 14.9. The van der Waals surface area contributed by atoms with Gasteiger partial charge >= 0.3 is 39.5 Å². The van der Waals surface area contributed by atoms with Crippen LogP contribution in [0.2, 0.25) is 0 Å². The molecule has 0 radical (unpaired) electrons. The average Bonchev–Trinajstić information content (AvgIpc) is 3.67. The Kier molecular flexibility index (Phi) is 58.5. The van der Waals surface area contributed by atoms with E-state index in [9.17, 15) is 43.2 Å². The third-order valence-corrected chi connectivity index (χ3v) is 18.7. The molecule has 89 heavy (non-hydrogen) atoms. The Balaban J connectivity index is 5.22. The molecule has 5 unspecified atom stereocenters. The van der Waals surface area contributed by atoms with E-state index in [0.717, 1.165) is 114 Å². The molecule has 528 valence electrons. The van der Waals surface area contributed by atoms with Gasteiger partial charge in [-0.3, -0.25) is 37.3 Å². The van der Waals surface area contributed by atoms with Crippen LogP contribution in [0.25, 0.3) is 0 Å². The Labute approximate surface area is 543 Å². The Morgan fingerprint density at radius 3 is 0.798 bits per heavy atom. The minimum atomic E-state index is -4.95. The van der Waals surface area contributed by atoms with E-state index < -0.39 is 97.5 Å². The van der Waals surface area contributed by atoms with Crippen LogP contribution >= 0.6 is 15.6 Å². The van der Waals surface area contributed by atoms with Crippen molar-refractivity contribution in [2.24, 2.45) is 23.7 Å². The molecule has 0 aromatic carbocycles. The van der Waals surface area contributed by atoms with Crippen LogP contribution in [0.4, 0.5) is 0 Å². The van der Waals surface area contributed by atoms with E-state index >= 15 is 0 Å². The number of aliphatic hydroxyl groups is 1. The van der Waals surface area contributed by atoms with Crippen LogP contribution in [0.3, 0.4) is 0 Å². The minimum Gasteiger partial charge on any atom is -0.462 e. The fourth-order valence-corrected chi connectivity index (χ4v) is 12.0. The van der Waals surface area contributed by atoms with Gasteiger partial charge in [-0.25, -0.2) is 9.13 Å². The molecule has 0 heterocycles. The highest BCUT2D eigenvalue weighted by atomic mass is 31.2. The molecule has 0 amide bonds. The van der Waals surface area contributed by atoms with Crippen molar-refractivity contribution in [1.82, 2.24) is 0 Å². The average molecular weight is 1310 g/mol. The first-order valence-electron chi connectivity index (χ1n) is 36.3. The summed E-state index contributed by atoms with van der Waals surface area (Å²) >= 11 is 0. The molecule has 0 fully saturated rings. The number of ether oxygens (including phenoxy) is 4. The number of hydrogen-bond acceptors (Lipinski definition) is 15. The van der Waals surface area contributed by atoms with Gasteiger partial charge < -0.3 is 33.8 Å². The van der Waals surface area contributed by atoms with Crippen LogP contribution in [0.1, 0.15) is 344 Å². The molecule has 0 rings (SSSR count). The molecule has 0 aromatic rings. The molecule has 7 atom stereocenters. The number of hydrogen-bond donors (Lipinski definition) is 3. The van der Waals surface area contributed by atoms with Gasteiger partial charge in [0.1, 0.15) is 19.3 Å². The number of esters is 4. The first-order chi connectivity index (χ1) is 42.7. The Bertz CT molecular complexity index is 1770. The maximum atomic E-state index is 13.0. The molecule has 19 heteroatoms. The van der Waals surface area contributed by atoms with Crippen molar-refractivity contribution < 1.29 is 80.2 Å². The monoisotopic (exact) mass is 1310 g/mol. The fourth-order valence-electron chi connectivity index (χ4n) is 10.4. The third-order valence-electron chi connectivity index (χ3n) is 16.8. The molecule has 0 aliphatic rings. The molecule has 0 aromatic heterocycles. The van der Waals surface area contributed by atoms with Gasteiger partial charge in [-0.05, 0) is 49.4 Å². The molecule has 17 nitrogen and oxygen atoms in total. The van der Waals surface area contributed by atoms with Crippen molar-refractivity contribution in [1.29, 1.82) is 0 Å². The number of carbonyl (C=O) groups excluding carboxylic acids is 4. The van der Waals surface area contributed by atoms with Crippen molar-refractivity contribution in [2.45, 2.75) is 363 Å². The van der Waals surface area contributed by atoms with Crippen LogP contribution in [-0.4, -0.2) is 96.7 Å². The zero-order valence-electron chi connectivity index (χ0n) is 58.1. The maximum Gasteiger partial charge on any atom is 0.472 e. The zero-order chi connectivity index (χ0) is 66.1. The van der Waals surface area contributed by atoms with Gasteiger partial charge in [0.15, 0.2) is 12.2 Å². The van der Waals surface area contributed by atoms with E-state index in [2.05, 4.69) is 55.4 Å². The largest absolute Gasteiger partial charge is 0.472 e. The van der Waals surface area contributed by atoms with Crippen LogP contribution < -0.4 is 0 Å². The Hall–Kier alpha value is -1.94. The van der Waals surface area contributed by atoms with E-state index in [1.165, 1.54) is 141 Å². The standard InChI is InChI=1S/C70H136O17P2/c1-9-62(7)48-40-32-24-17-15-13-11-12-14-16-18-26-36-44-52-69(74)86-65(56-81-68(73)51-43-35-27-21-23-31-39-47-61(5)6)58-84-88(76,77)82-54-64(71)55-83-89(78,79)85-59-66(87-70(75)53-45-37-29-28-33-41-49-63(8)10-2)57-80-67(72)50-42-34-25-20-19-22-30-38-46-60(3)4/h60-66,71H,9-59H2,1-8H3,(H,76,77)(H,78,79)/t62?,63?,64?,65-,66-/m1/s1. The van der Waals surface area contributed by atoms with Gasteiger partial charge in [-0.2, -0.15) is 0 Å². The number of phosphoric ester groups is 2. The minimum absolute atomic E-state index is 0.102. The van der Waals surface area contributed by atoms with Crippen LogP contribution in [0.15, 0.2) is 0 Å². The van der Waals surface area contributed by atoms with Crippen molar-refractivity contribution in [3.8, 4) is 0 Å². The van der Waals surface area contributed by atoms with Gasteiger partial charge in [0.05, 0.1) is 26.4 Å². The zero-order valence-corrected chi connectivity index (χ0v) is 59.8. The smallest absolute Gasteiger partial charge is 0.462 e. The summed E-state index contributed by atoms with van der Waals surface area (Å²) in [5.74, 6) is 0.864. The molecule has 3 N–H and O–H groups in total. The van der Waals surface area contributed by atoms with Crippen LogP contribution in [0.5, 0.6) is 0 Å². The van der Waals surface area contributed by atoms with Crippen LogP contribution in [-0.2, 0) is 65.4 Å². The first-order valence-corrected chi connectivity index (χ1v) is 39.3. The van der Waals surface area contributed by atoms with Crippen molar-refractivity contribution in [3.05, 3.63) is 0 Å². The first kappa shape index (κ1) is 87.1. The highest BCUT2D eigenvalue weighted by Gasteiger charge is 2.30. The predicted octanol–water partition coefficient (Wildman–Crippen LogP) is 19.7. The fraction of sp³-hybridized carbons (Fsp3) is 0.943. The number of unbranched alkanes of at least 4 members (excludes halogenated alkanes) is 31. The highest BCUT2D eigenvalue weighted by Crippen LogP contribution is 2.45. The number of carbonyl (C=O) groups is 4. The van der Waals surface area contributed by atoms with E-state index in [0.29, 0.717) is 31.6 Å². The lowest BCUT2D eigenvalue weighted by atomic mass is 9.99. The predicted molar refractivity (Wildman–Crippen MR) is 358 cm³/mol. The lowest BCUT2D eigenvalue weighted by Crippen LogP contribution is -2.30. The molecule has 0 spiro atoms. The summed E-state index contributed by atoms with van der Waals surface area (Å²) in [6.07, 6.45) is 41.8. The van der Waals surface area contributed by atoms with Gasteiger partial charge in [0, 0.05) is 25.7 Å². The summed E-state index contributed by atoms with van der Waals surface area (Å²) in [4.78, 5) is 72.5. The van der Waals surface area contributed by atoms with Crippen molar-refractivity contribution in [2.75, 3.05) is 39.6 Å². The van der Waals surface area contributed by atoms with Crippen LogP contribution in [0, 0.1) is 23.7 Å². The summed E-state index contributed by atoms with van der Waals surface area (Å²) in [7, 11) is -9.90. The molecule has 0 aliphatic carbocycles. The molecule has 0 bridgehead atoms. The topological polar surface area (TPSA) is 237 Å². The van der Waals surface area contributed by atoms with E-state index in [1.54, 1.807) is 0 Å². The summed E-state index contributed by atoms with van der Waals surface area (Å²) in [5, 5.41) is 10.6. The Morgan fingerprint density at radius 2 is 0.539 bits per heavy atom. The second-order valence-corrected chi connectivity index (χ2v) is 29.6. The summed E-state index contributed by atoms with van der Waals surface area (Å²) in [6.45, 7) is 14.1. The molecular formula is C70H136O17P2. The van der Waals surface area contributed by atoms with E-state index in [-0.39, 0.29) is 25.7 Å². The van der Waals surface area contributed by atoms with Crippen molar-refractivity contribution >= 4 is 39.5 Å². The summed E-state index contributed by atoms with van der Waals surface area (Å²) in [6, 6.07) is 0.